The lowest BCUT2D eigenvalue weighted by Crippen LogP contribution is -2.14. The molecule has 1 aromatic carbocycles. The largest absolute Gasteiger partial charge is 0.308 e. The maximum Gasteiger partial charge on any atom is 0.107 e. The van der Waals surface area contributed by atoms with Crippen molar-refractivity contribution in [2.75, 3.05) is 0 Å². The van der Waals surface area contributed by atoms with Crippen LogP contribution in [0, 0.1) is 0 Å². The third kappa shape index (κ3) is 2.79. The fourth-order valence-electron chi connectivity index (χ4n) is 1.95. The van der Waals surface area contributed by atoms with E-state index in [1.54, 1.807) is 11.3 Å². The van der Waals surface area contributed by atoms with E-state index in [0.29, 0.717) is 0 Å². The van der Waals surface area contributed by atoms with Gasteiger partial charge >= 0.3 is 0 Å². The minimum Gasteiger partial charge on any atom is -0.308 e. The van der Waals surface area contributed by atoms with Gasteiger partial charge in [-0.3, -0.25) is 0 Å². The summed E-state index contributed by atoms with van der Waals surface area (Å²) in [6.07, 6.45) is 3.75. The van der Waals surface area contributed by atoms with Crippen LogP contribution in [-0.4, -0.2) is 11.0 Å². The molecule has 0 radical (unpaired) electrons. The van der Waals surface area contributed by atoms with E-state index in [1.807, 2.05) is 0 Å². The first-order valence-corrected chi connectivity index (χ1v) is 7.50. The molecule has 1 N–H and O–H groups in total. The van der Waals surface area contributed by atoms with E-state index in [9.17, 15) is 0 Å². The number of aromatic nitrogens is 1. The third-order valence-corrected chi connectivity index (χ3v) is 4.18. The molecule has 18 heavy (non-hydrogen) atoms. The Labute approximate surface area is 112 Å². The molecule has 2 nitrogen and oxygen atoms in total. The molecule has 94 valence electrons. The van der Waals surface area contributed by atoms with Gasteiger partial charge in [0.25, 0.3) is 0 Å². The predicted molar refractivity (Wildman–Crippen MR) is 76.8 cm³/mol. The van der Waals surface area contributed by atoms with E-state index < -0.39 is 0 Å². The molecule has 0 atom stereocenters. The Hall–Kier alpha value is -1.19. The molecule has 0 saturated heterocycles. The van der Waals surface area contributed by atoms with E-state index in [2.05, 4.69) is 41.9 Å². The van der Waals surface area contributed by atoms with Gasteiger partial charge in [0.05, 0.1) is 5.69 Å². The highest BCUT2D eigenvalue weighted by Crippen LogP contribution is 2.24. The van der Waals surface area contributed by atoms with E-state index in [-0.39, 0.29) is 0 Å². The quantitative estimate of drug-likeness (QED) is 0.886. The lowest BCUT2D eigenvalue weighted by Gasteiger charge is -2.00. The van der Waals surface area contributed by atoms with Gasteiger partial charge in [-0.15, -0.1) is 11.3 Å². The van der Waals surface area contributed by atoms with Crippen LogP contribution < -0.4 is 5.32 Å². The molecule has 1 heterocycles. The summed E-state index contributed by atoms with van der Waals surface area (Å²) in [5, 5.41) is 6.85. The summed E-state index contributed by atoms with van der Waals surface area (Å²) in [6.45, 7) is 3.10. The van der Waals surface area contributed by atoms with Crippen molar-refractivity contribution >= 4 is 11.3 Å². The third-order valence-electron chi connectivity index (χ3n) is 3.33. The maximum atomic E-state index is 4.69. The van der Waals surface area contributed by atoms with Crippen molar-refractivity contribution in [2.45, 2.75) is 38.8 Å². The van der Waals surface area contributed by atoms with Crippen molar-refractivity contribution in [3.63, 3.8) is 0 Å². The Morgan fingerprint density at radius 2 is 2.06 bits per heavy atom. The summed E-state index contributed by atoms with van der Waals surface area (Å²) < 4.78 is 0. The molecule has 1 aliphatic carbocycles. The molecule has 0 amide bonds. The van der Waals surface area contributed by atoms with Crippen molar-refractivity contribution in [2.24, 2.45) is 0 Å². The maximum absolute atomic E-state index is 4.69. The van der Waals surface area contributed by atoms with E-state index in [0.717, 1.165) is 24.7 Å². The number of hydrogen-bond donors (Lipinski definition) is 1. The number of benzene rings is 1. The molecule has 1 saturated carbocycles. The highest BCUT2D eigenvalue weighted by molar-refractivity contribution is 7.09. The second kappa shape index (κ2) is 5.21. The van der Waals surface area contributed by atoms with Crippen molar-refractivity contribution in [1.82, 2.24) is 10.3 Å². The van der Waals surface area contributed by atoms with Gasteiger partial charge in [-0.25, -0.2) is 4.98 Å². The van der Waals surface area contributed by atoms with E-state index >= 15 is 0 Å². The topological polar surface area (TPSA) is 24.9 Å². The zero-order chi connectivity index (χ0) is 12.4. The van der Waals surface area contributed by atoms with Gasteiger partial charge in [-0.2, -0.15) is 0 Å². The Morgan fingerprint density at radius 1 is 1.28 bits per heavy atom. The molecule has 3 rings (SSSR count). The summed E-state index contributed by atoms with van der Waals surface area (Å²) in [6, 6.07) is 9.48. The van der Waals surface area contributed by atoms with Crippen molar-refractivity contribution in [3.8, 4) is 11.3 Å². The summed E-state index contributed by atoms with van der Waals surface area (Å²) in [7, 11) is 0. The lowest BCUT2D eigenvalue weighted by atomic mass is 10.1. The van der Waals surface area contributed by atoms with Crippen LogP contribution in [0.1, 0.15) is 30.3 Å². The van der Waals surface area contributed by atoms with Crippen LogP contribution in [0.25, 0.3) is 11.3 Å². The molecule has 1 aromatic heterocycles. The molecule has 2 aromatic rings. The van der Waals surface area contributed by atoms with Crippen molar-refractivity contribution < 1.29 is 0 Å². The summed E-state index contributed by atoms with van der Waals surface area (Å²) >= 11 is 1.75. The van der Waals surface area contributed by atoms with E-state index in [4.69, 9.17) is 4.98 Å². The minimum absolute atomic E-state index is 0.751. The number of nitrogens with zero attached hydrogens (tertiary/aromatic N) is 1. The first kappa shape index (κ1) is 11.9. The second-order valence-electron chi connectivity index (χ2n) is 4.83. The molecule has 0 spiro atoms. The van der Waals surface area contributed by atoms with Crippen molar-refractivity contribution in [1.29, 1.82) is 0 Å². The molecule has 1 fully saturated rings. The number of thiazole rings is 1. The van der Waals surface area contributed by atoms with Gasteiger partial charge in [0, 0.05) is 23.5 Å². The van der Waals surface area contributed by atoms with Gasteiger partial charge in [0.15, 0.2) is 0 Å². The zero-order valence-corrected chi connectivity index (χ0v) is 11.5. The van der Waals surface area contributed by atoms with Gasteiger partial charge in [-0.05, 0) is 24.8 Å². The fraction of sp³-hybridized carbons (Fsp3) is 0.400. The predicted octanol–water partition coefficient (Wildman–Crippen LogP) is 3.62. The summed E-state index contributed by atoms with van der Waals surface area (Å²) in [5.41, 5.74) is 3.71. The van der Waals surface area contributed by atoms with Crippen LogP contribution in [0.2, 0.25) is 0 Å². The molecule has 0 unspecified atom stereocenters. The molecule has 1 aliphatic rings. The van der Waals surface area contributed by atoms with Crippen LogP contribution >= 0.6 is 11.3 Å². The van der Waals surface area contributed by atoms with Gasteiger partial charge in [0.2, 0.25) is 0 Å². The van der Waals surface area contributed by atoms with Crippen molar-refractivity contribution in [3.05, 3.63) is 40.2 Å². The second-order valence-corrected chi connectivity index (χ2v) is 5.77. The standard InChI is InChI=1S/C15H18N2S/c1-2-11-3-5-12(6-4-11)14-10-18-15(17-14)9-16-13-7-8-13/h3-6,10,13,16H,2,7-9H2,1H3. The minimum atomic E-state index is 0.751. The zero-order valence-electron chi connectivity index (χ0n) is 10.6. The van der Waals surface area contributed by atoms with Gasteiger partial charge < -0.3 is 5.32 Å². The van der Waals surface area contributed by atoms with Gasteiger partial charge in [-0.1, -0.05) is 31.2 Å². The van der Waals surface area contributed by atoms with Gasteiger partial charge in [0.1, 0.15) is 5.01 Å². The molecular weight excluding hydrogens is 240 g/mol. The highest BCUT2D eigenvalue weighted by atomic mass is 32.1. The smallest absolute Gasteiger partial charge is 0.107 e. The Kier molecular flexibility index (Phi) is 3.43. The number of aryl methyl sites for hydroxylation is 1. The number of nitrogens with one attached hydrogen (secondary N) is 1. The average molecular weight is 258 g/mol. The van der Waals surface area contributed by atoms with Crippen LogP contribution in [0.4, 0.5) is 0 Å². The number of rotatable bonds is 5. The average Bonchev–Trinajstić information content (AvgIpc) is 3.14. The molecule has 0 aliphatic heterocycles. The summed E-state index contributed by atoms with van der Waals surface area (Å²) in [4.78, 5) is 4.69. The highest BCUT2D eigenvalue weighted by Gasteiger charge is 2.20. The SMILES string of the molecule is CCc1ccc(-c2csc(CNC3CC3)n2)cc1. The normalized spacial score (nSPS) is 14.9. The lowest BCUT2D eigenvalue weighted by molar-refractivity contribution is 0.685. The fourth-order valence-corrected chi connectivity index (χ4v) is 2.71. The van der Waals surface area contributed by atoms with Crippen LogP contribution in [0.3, 0.4) is 0 Å². The number of hydrogen-bond acceptors (Lipinski definition) is 3. The molecular formula is C15H18N2S. The summed E-state index contributed by atoms with van der Waals surface area (Å²) in [5.74, 6) is 0. The Balaban J connectivity index is 1.70. The first-order chi connectivity index (χ1) is 8.85. The first-order valence-electron chi connectivity index (χ1n) is 6.62. The van der Waals surface area contributed by atoms with Crippen LogP contribution in [0.15, 0.2) is 29.6 Å². The van der Waals surface area contributed by atoms with E-state index in [1.165, 1.54) is 29.0 Å². The molecule has 0 bridgehead atoms. The monoisotopic (exact) mass is 258 g/mol. The van der Waals surface area contributed by atoms with Crippen LogP contribution in [-0.2, 0) is 13.0 Å². The van der Waals surface area contributed by atoms with Crippen LogP contribution in [0.5, 0.6) is 0 Å². The Morgan fingerprint density at radius 3 is 2.72 bits per heavy atom. The Bertz CT molecular complexity index is 512. The molecule has 3 heteroatoms.